The molecule has 0 aliphatic rings. The quantitative estimate of drug-likeness (QED) is 0.650. The van der Waals surface area contributed by atoms with Crippen LogP contribution in [0.3, 0.4) is 0 Å². The molecule has 0 unspecified atom stereocenters. The van der Waals surface area contributed by atoms with Gasteiger partial charge in [0, 0.05) is 24.2 Å². The summed E-state index contributed by atoms with van der Waals surface area (Å²) in [6, 6.07) is 11.4. The van der Waals surface area contributed by atoms with Crippen LogP contribution in [0, 0.1) is 0 Å². The molecular formula is C14H11N3O. The van der Waals surface area contributed by atoms with Gasteiger partial charge in [-0.05, 0) is 11.6 Å². The largest absolute Gasteiger partial charge is 0.295 e. The van der Waals surface area contributed by atoms with E-state index in [1.54, 1.807) is 17.8 Å². The lowest BCUT2D eigenvalue weighted by atomic mass is 10.1. The molecule has 1 aromatic carbocycles. The third-order valence-corrected chi connectivity index (χ3v) is 2.96. The molecule has 0 fully saturated rings. The van der Waals surface area contributed by atoms with Crippen LogP contribution in [-0.4, -0.2) is 14.5 Å². The molecule has 0 aliphatic carbocycles. The van der Waals surface area contributed by atoms with Crippen molar-refractivity contribution in [2.24, 2.45) is 7.05 Å². The van der Waals surface area contributed by atoms with Gasteiger partial charge in [0.2, 0.25) is 0 Å². The van der Waals surface area contributed by atoms with Crippen LogP contribution in [0.2, 0.25) is 0 Å². The summed E-state index contributed by atoms with van der Waals surface area (Å²) in [4.78, 5) is 20.4. The summed E-state index contributed by atoms with van der Waals surface area (Å²) in [5.41, 5.74) is 2.17. The Kier molecular flexibility index (Phi) is 2.41. The van der Waals surface area contributed by atoms with Crippen LogP contribution < -0.4 is 5.56 Å². The lowest BCUT2D eigenvalue weighted by Crippen LogP contribution is -2.19. The monoisotopic (exact) mass is 237 g/mol. The van der Waals surface area contributed by atoms with Gasteiger partial charge in [-0.25, -0.2) is 9.97 Å². The van der Waals surface area contributed by atoms with Gasteiger partial charge < -0.3 is 0 Å². The Bertz CT molecular complexity index is 763. The maximum absolute atomic E-state index is 12.3. The van der Waals surface area contributed by atoms with Crippen LogP contribution >= 0.6 is 0 Å². The van der Waals surface area contributed by atoms with Crippen molar-refractivity contribution < 1.29 is 0 Å². The fourth-order valence-corrected chi connectivity index (χ4v) is 2.03. The minimum atomic E-state index is -0.0487. The van der Waals surface area contributed by atoms with Crippen LogP contribution in [0.1, 0.15) is 0 Å². The highest BCUT2D eigenvalue weighted by Gasteiger charge is 2.08. The molecule has 0 bridgehead atoms. The molecule has 3 rings (SSSR count). The smallest absolute Gasteiger partial charge is 0.259 e. The van der Waals surface area contributed by atoms with Gasteiger partial charge in [0.1, 0.15) is 12.0 Å². The highest BCUT2D eigenvalue weighted by atomic mass is 16.1. The summed E-state index contributed by atoms with van der Waals surface area (Å²) in [7, 11) is 1.73. The Balaban J connectivity index is 2.38. The lowest BCUT2D eigenvalue weighted by molar-refractivity contribution is 0.886. The summed E-state index contributed by atoms with van der Waals surface area (Å²) >= 11 is 0. The molecule has 0 saturated heterocycles. The van der Waals surface area contributed by atoms with Crippen LogP contribution in [0.25, 0.3) is 22.2 Å². The van der Waals surface area contributed by atoms with Crippen molar-refractivity contribution >= 4 is 11.0 Å². The first-order chi connectivity index (χ1) is 8.77. The molecule has 4 nitrogen and oxygen atoms in total. The maximum atomic E-state index is 12.3. The van der Waals surface area contributed by atoms with Crippen molar-refractivity contribution in [1.29, 1.82) is 0 Å². The molecule has 18 heavy (non-hydrogen) atoms. The van der Waals surface area contributed by atoms with Gasteiger partial charge in [0.15, 0.2) is 0 Å². The second-order valence-corrected chi connectivity index (χ2v) is 4.09. The molecule has 3 aromatic rings. The van der Waals surface area contributed by atoms with E-state index in [0.717, 1.165) is 10.9 Å². The normalized spacial score (nSPS) is 10.7. The molecule has 88 valence electrons. The lowest BCUT2D eigenvalue weighted by Gasteiger charge is -2.07. The third kappa shape index (κ3) is 1.59. The molecule has 0 atom stereocenters. The molecular weight excluding hydrogens is 226 g/mol. The molecule has 0 saturated carbocycles. The van der Waals surface area contributed by atoms with E-state index in [2.05, 4.69) is 9.97 Å². The van der Waals surface area contributed by atoms with Crippen molar-refractivity contribution in [2.75, 3.05) is 0 Å². The summed E-state index contributed by atoms with van der Waals surface area (Å²) in [6.07, 6.45) is 3.16. The van der Waals surface area contributed by atoms with Crippen LogP contribution in [0.5, 0.6) is 0 Å². The van der Waals surface area contributed by atoms with E-state index in [4.69, 9.17) is 0 Å². The van der Waals surface area contributed by atoms with Crippen molar-refractivity contribution in [3.63, 3.8) is 0 Å². The molecule has 0 N–H and O–H groups in total. The van der Waals surface area contributed by atoms with Crippen molar-refractivity contribution in [1.82, 2.24) is 14.5 Å². The van der Waals surface area contributed by atoms with Crippen molar-refractivity contribution in [2.45, 2.75) is 0 Å². The second-order valence-electron chi connectivity index (χ2n) is 4.09. The van der Waals surface area contributed by atoms with Crippen LogP contribution in [-0.2, 0) is 7.05 Å². The average molecular weight is 237 g/mol. The Morgan fingerprint density at radius 3 is 2.72 bits per heavy atom. The fraction of sp³-hybridized carbons (Fsp3) is 0.0714. The van der Waals surface area contributed by atoms with Gasteiger partial charge in [-0.2, -0.15) is 0 Å². The Labute approximate surface area is 104 Å². The summed E-state index contributed by atoms with van der Waals surface area (Å²) < 4.78 is 1.55. The van der Waals surface area contributed by atoms with Gasteiger partial charge in [-0.3, -0.25) is 9.36 Å². The van der Waals surface area contributed by atoms with Gasteiger partial charge in [0.25, 0.3) is 5.56 Å². The van der Waals surface area contributed by atoms with E-state index in [0.29, 0.717) is 11.2 Å². The first-order valence-corrected chi connectivity index (χ1v) is 5.62. The number of benzene rings is 1. The zero-order chi connectivity index (χ0) is 12.5. The number of aryl methyl sites for hydroxylation is 1. The van der Waals surface area contributed by atoms with Crippen molar-refractivity contribution in [3.05, 3.63) is 59.3 Å². The van der Waals surface area contributed by atoms with Gasteiger partial charge in [-0.1, -0.05) is 30.3 Å². The molecule has 4 heteroatoms. The first-order valence-electron chi connectivity index (χ1n) is 5.62. The number of pyridine rings is 1. The van der Waals surface area contributed by atoms with Crippen LogP contribution in [0.4, 0.5) is 0 Å². The first kappa shape index (κ1) is 10.7. The predicted molar refractivity (Wildman–Crippen MR) is 70.2 cm³/mol. The average Bonchev–Trinajstić information content (AvgIpc) is 2.44. The van der Waals surface area contributed by atoms with Gasteiger partial charge >= 0.3 is 0 Å². The SMILES string of the molecule is Cn1c(=O)c(-c2ccccc2)cc2cncnc21. The minimum absolute atomic E-state index is 0.0487. The van der Waals surface area contributed by atoms with Crippen LogP contribution in [0.15, 0.2) is 53.7 Å². The number of rotatable bonds is 1. The minimum Gasteiger partial charge on any atom is -0.295 e. The summed E-state index contributed by atoms with van der Waals surface area (Å²) in [5.74, 6) is 0. The van der Waals surface area contributed by atoms with E-state index < -0.39 is 0 Å². The zero-order valence-corrected chi connectivity index (χ0v) is 9.87. The zero-order valence-electron chi connectivity index (χ0n) is 9.87. The van der Waals surface area contributed by atoms with Gasteiger partial charge in [-0.15, -0.1) is 0 Å². The number of aromatic nitrogens is 3. The van der Waals surface area contributed by atoms with E-state index in [9.17, 15) is 4.79 Å². The maximum Gasteiger partial charge on any atom is 0.259 e. The fourth-order valence-electron chi connectivity index (χ4n) is 2.03. The van der Waals surface area contributed by atoms with E-state index in [1.807, 2.05) is 36.4 Å². The Hall–Kier alpha value is -2.49. The topological polar surface area (TPSA) is 47.8 Å². The molecule has 2 heterocycles. The summed E-state index contributed by atoms with van der Waals surface area (Å²) in [5, 5.41) is 0.860. The third-order valence-electron chi connectivity index (χ3n) is 2.96. The molecule has 0 spiro atoms. The molecule has 0 amide bonds. The summed E-state index contributed by atoms with van der Waals surface area (Å²) in [6.45, 7) is 0. The highest BCUT2D eigenvalue weighted by Crippen LogP contribution is 2.18. The highest BCUT2D eigenvalue weighted by molar-refractivity contribution is 5.80. The second kappa shape index (κ2) is 4.07. The van der Waals surface area contributed by atoms with E-state index >= 15 is 0 Å². The standard InChI is InChI=1S/C14H11N3O/c1-17-13-11(8-15-9-16-13)7-12(14(17)18)10-5-3-2-4-6-10/h2-9H,1H3. The Morgan fingerprint density at radius 1 is 1.17 bits per heavy atom. The van der Waals surface area contributed by atoms with E-state index in [-0.39, 0.29) is 5.56 Å². The number of nitrogens with zero attached hydrogens (tertiary/aromatic N) is 3. The van der Waals surface area contributed by atoms with Gasteiger partial charge in [0.05, 0.1) is 0 Å². The number of hydrogen-bond acceptors (Lipinski definition) is 3. The number of fused-ring (bicyclic) bond motifs is 1. The molecule has 0 radical (unpaired) electrons. The molecule has 0 aliphatic heterocycles. The van der Waals surface area contributed by atoms with Crippen molar-refractivity contribution in [3.8, 4) is 11.1 Å². The Morgan fingerprint density at radius 2 is 1.94 bits per heavy atom. The predicted octanol–water partition coefficient (Wildman–Crippen LogP) is 2.00. The number of hydrogen-bond donors (Lipinski definition) is 0. The van der Waals surface area contributed by atoms with E-state index in [1.165, 1.54) is 6.33 Å². The molecule has 2 aromatic heterocycles.